The molecule has 0 aliphatic carbocycles. The Kier molecular flexibility index (Phi) is 12.4. The number of nitrogens with two attached hydrogens (primary N) is 1. The molecule has 18 heteroatoms. The number of anilines is 1. The number of nitrogens with zero attached hydrogens (tertiary/aromatic N) is 6. The van der Waals surface area contributed by atoms with E-state index in [1.54, 1.807) is 42.5 Å². The number of fused-ring (bicyclic) bond motifs is 1. The third-order valence-corrected chi connectivity index (χ3v) is 7.64. The summed E-state index contributed by atoms with van der Waals surface area (Å²) in [7, 11) is -9.92. The van der Waals surface area contributed by atoms with Gasteiger partial charge < -0.3 is 15.4 Å². The molecule has 3 N–H and O–H groups in total. The molecule has 0 bridgehead atoms. The van der Waals surface area contributed by atoms with Crippen LogP contribution in [-0.2, 0) is 20.2 Å². The van der Waals surface area contributed by atoms with E-state index in [1.807, 2.05) is 0 Å². The minimum atomic E-state index is -5.05. The first kappa shape index (κ1) is 37.0. The molecule has 222 valence electrons. The first-order valence-electron chi connectivity index (χ1n) is 12.4. The van der Waals surface area contributed by atoms with Crippen molar-refractivity contribution in [1.29, 1.82) is 0 Å². The summed E-state index contributed by atoms with van der Waals surface area (Å²) in [6.07, 6.45) is 0. The van der Waals surface area contributed by atoms with Crippen molar-refractivity contribution in [2.75, 3.05) is 5.73 Å². The van der Waals surface area contributed by atoms with Gasteiger partial charge in [0.05, 0.1) is 27.6 Å². The zero-order chi connectivity index (χ0) is 31.5. The van der Waals surface area contributed by atoms with E-state index in [0.29, 0.717) is 11.4 Å². The summed E-state index contributed by atoms with van der Waals surface area (Å²) >= 11 is 0. The van der Waals surface area contributed by atoms with E-state index in [4.69, 9.17) is 5.73 Å². The van der Waals surface area contributed by atoms with Gasteiger partial charge in [0.2, 0.25) is 0 Å². The topological polar surface area (TPSA) is 235 Å². The SMILES string of the molecule is Nc1cc([O-])cc(N=Nc2ccc(N=Nc3cc4cc(N=Nc5ccccc5)c(S(=O)(=O)[O-])cc4cc3S(=O)(=O)O)cc2)c1.[Na+].[Na+]. The molecule has 5 aromatic rings. The van der Waals surface area contributed by atoms with Gasteiger partial charge in [-0.15, -0.1) is 16.0 Å². The van der Waals surface area contributed by atoms with Crippen molar-refractivity contribution < 1.29 is 90.2 Å². The molecule has 0 aromatic heterocycles. The monoisotopic (exact) mass is 675 g/mol. The molecule has 0 aliphatic rings. The van der Waals surface area contributed by atoms with E-state index in [2.05, 4.69) is 30.7 Å². The van der Waals surface area contributed by atoms with Crippen molar-refractivity contribution in [2.45, 2.75) is 9.79 Å². The normalized spacial score (nSPS) is 12.0. The molecule has 0 amide bonds. The van der Waals surface area contributed by atoms with E-state index < -0.39 is 30.0 Å². The molecule has 0 atom stereocenters. The molecule has 0 radical (unpaired) electrons. The zero-order valence-electron chi connectivity index (χ0n) is 24.2. The second-order valence-corrected chi connectivity index (χ2v) is 11.9. The minimum absolute atomic E-state index is 0. The molecular weight excluding hydrogens is 656 g/mol. The summed E-state index contributed by atoms with van der Waals surface area (Å²) in [5.74, 6) is -0.309. The van der Waals surface area contributed by atoms with Crippen LogP contribution in [0.5, 0.6) is 5.75 Å². The van der Waals surface area contributed by atoms with Crippen LogP contribution in [-0.4, -0.2) is 25.9 Å². The van der Waals surface area contributed by atoms with Crippen molar-refractivity contribution in [3.05, 3.63) is 97.1 Å². The van der Waals surface area contributed by atoms with Crippen molar-refractivity contribution in [3.63, 3.8) is 0 Å². The second kappa shape index (κ2) is 15.4. The molecule has 0 aliphatic heterocycles. The molecule has 0 saturated heterocycles. The summed E-state index contributed by atoms with van der Waals surface area (Å²) in [5.41, 5.74) is 6.69. The Balaban J connectivity index is 0.00000288. The molecule has 0 heterocycles. The Labute approximate surface area is 307 Å². The Hall–Kier alpha value is -3.42. The molecule has 0 saturated carbocycles. The van der Waals surface area contributed by atoms with Crippen LogP contribution in [0.3, 0.4) is 0 Å². The molecule has 0 spiro atoms. The Morgan fingerprint density at radius 1 is 0.565 bits per heavy atom. The van der Waals surface area contributed by atoms with Crippen LogP contribution in [0.15, 0.2) is 138 Å². The van der Waals surface area contributed by atoms with Crippen LogP contribution in [0.25, 0.3) is 10.8 Å². The summed E-state index contributed by atoms with van der Waals surface area (Å²) in [6, 6.07) is 22.9. The van der Waals surface area contributed by atoms with Crippen LogP contribution >= 0.6 is 0 Å². The molecule has 0 fully saturated rings. The average Bonchev–Trinajstić information content (AvgIpc) is 2.96. The molecule has 46 heavy (non-hydrogen) atoms. The second-order valence-electron chi connectivity index (χ2n) is 9.13. The first-order chi connectivity index (χ1) is 20.8. The maximum Gasteiger partial charge on any atom is 1.00 e. The van der Waals surface area contributed by atoms with Crippen LogP contribution in [0.2, 0.25) is 0 Å². The molecule has 0 unspecified atom stereocenters. The third kappa shape index (κ3) is 9.55. The molecular formula is C28H19N7Na2O7S2. The molecule has 5 rings (SSSR count). The Morgan fingerprint density at radius 2 is 1.02 bits per heavy atom. The van der Waals surface area contributed by atoms with Gasteiger partial charge in [-0.3, -0.25) is 4.55 Å². The van der Waals surface area contributed by atoms with Gasteiger partial charge in [0.15, 0.2) is 0 Å². The number of benzene rings is 5. The zero-order valence-corrected chi connectivity index (χ0v) is 29.8. The number of hydrogen-bond donors (Lipinski definition) is 2. The maximum atomic E-state index is 12.2. The summed E-state index contributed by atoms with van der Waals surface area (Å²) in [6.45, 7) is 0. The van der Waals surface area contributed by atoms with E-state index >= 15 is 0 Å². The quantitative estimate of drug-likeness (QED) is 0.103. The smallest absolute Gasteiger partial charge is 0.872 e. The van der Waals surface area contributed by atoms with E-state index in [0.717, 1.165) is 12.1 Å². The van der Waals surface area contributed by atoms with E-state index in [1.165, 1.54) is 42.5 Å². The number of azo groups is 3. The predicted octanol–water partition coefficient (Wildman–Crippen LogP) is 0.901. The summed E-state index contributed by atoms with van der Waals surface area (Å²) in [4.78, 5) is -1.41. The predicted molar refractivity (Wildman–Crippen MR) is 157 cm³/mol. The van der Waals surface area contributed by atoms with Crippen LogP contribution < -0.4 is 70.0 Å². The maximum absolute atomic E-state index is 12.2. The molecule has 14 nitrogen and oxygen atoms in total. The number of rotatable bonds is 8. The standard InChI is InChI=1S/C28H21N7O7S2.2Na/c29-19-14-23(16-24(36)15-19)33-30-21-6-8-22(9-7-21)32-35-26-11-17-10-25(34-31-20-4-2-1-3-5-20)27(43(37,38)39)12-18(17)13-28(26)44(40,41)42;;/h1-16,36H,29H2,(H,37,38,39)(H,40,41,42);;/q;2*+1/p-2. The van der Waals surface area contributed by atoms with Crippen molar-refractivity contribution in [1.82, 2.24) is 0 Å². The minimum Gasteiger partial charge on any atom is -0.872 e. The number of hydrogen-bond acceptors (Lipinski definition) is 13. The van der Waals surface area contributed by atoms with Gasteiger partial charge in [0, 0.05) is 5.69 Å². The fourth-order valence-electron chi connectivity index (χ4n) is 3.93. The van der Waals surface area contributed by atoms with Crippen molar-refractivity contribution in [3.8, 4) is 5.75 Å². The van der Waals surface area contributed by atoms with Gasteiger partial charge in [-0.1, -0.05) is 18.2 Å². The number of nitrogen functional groups attached to an aromatic ring is 1. The van der Waals surface area contributed by atoms with Gasteiger partial charge in [-0.05, 0) is 89.6 Å². The summed E-state index contributed by atoms with van der Waals surface area (Å²) < 4.78 is 70.2. The van der Waals surface area contributed by atoms with Gasteiger partial charge >= 0.3 is 59.1 Å². The van der Waals surface area contributed by atoms with E-state index in [9.17, 15) is 31.0 Å². The van der Waals surface area contributed by atoms with Gasteiger partial charge in [0.25, 0.3) is 10.1 Å². The Morgan fingerprint density at radius 3 is 1.54 bits per heavy atom. The van der Waals surface area contributed by atoms with Gasteiger partial charge in [0.1, 0.15) is 26.4 Å². The third-order valence-electron chi connectivity index (χ3n) is 5.89. The largest absolute Gasteiger partial charge is 1.00 e. The summed E-state index contributed by atoms with van der Waals surface area (Å²) in [5, 5.41) is 35.7. The van der Waals surface area contributed by atoms with Crippen molar-refractivity contribution >= 4 is 70.8 Å². The first-order valence-corrected chi connectivity index (χ1v) is 15.2. The van der Waals surface area contributed by atoms with Crippen LogP contribution in [0, 0.1) is 0 Å². The fourth-order valence-corrected chi connectivity index (χ4v) is 5.20. The van der Waals surface area contributed by atoms with Crippen LogP contribution in [0.4, 0.5) is 39.8 Å². The van der Waals surface area contributed by atoms with Crippen molar-refractivity contribution in [2.24, 2.45) is 30.7 Å². The fraction of sp³-hybridized carbons (Fsp3) is 0. The average molecular weight is 676 g/mol. The molecule has 5 aromatic carbocycles. The Bertz CT molecular complexity index is 2180. The van der Waals surface area contributed by atoms with Gasteiger partial charge in [-0.25, -0.2) is 8.42 Å². The van der Waals surface area contributed by atoms with E-state index in [-0.39, 0.29) is 104 Å². The van der Waals surface area contributed by atoms with Crippen LogP contribution in [0.1, 0.15) is 0 Å². The van der Waals surface area contributed by atoms with Gasteiger partial charge in [-0.2, -0.15) is 28.9 Å².